The highest BCUT2D eigenvalue weighted by Crippen LogP contribution is 2.12. The van der Waals surface area contributed by atoms with Crippen molar-refractivity contribution in [1.82, 2.24) is 5.32 Å². The van der Waals surface area contributed by atoms with Gasteiger partial charge in [-0.3, -0.25) is 4.79 Å². The summed E-state index contributed by atoms with van der Waals surface area (Å²) in [6, 6.07) is 5.29. The average Bonchev–Trinajstić information content (AvgIpc) is 2.28. The first kappa shape index (κ1) is 13.1. The number of carbonyl (C=O) groups is 1. The molecule has 0 unspecified atom stereocenters. The van der Waals surface area contributed by atoms with Gasteiger partial charge in [0.1, 0.15) is 0 Å². The van der Waals surface area contributed by atoms with Gasteiger partial charge in [-0.15, -0.1) is 12.3 Å². The highest BCUT2D eigenvalue weighted by molar-refractivity contribution is 5.95. The highest BCUT2D eigenvalue weighted by atomic mass is 16.1. The van der Waals surface area contributed by atoms with Crippen molar-refractivity contribution in [2.24, 2.45) is 0 Å². The smallest absolute Gasteiger partial charge is 0.251 e. The van der Waals surface area contributed by atoms with E-state index in [2.05, 4.69) is 11.2 Å². The van der Waals surface area contributed by atoms with Crippen LogP contribution < -0.4 is 11.1 Å². The van der Waals surface area contributed by atoms with Crippen LogP contribution in [0.4, 0.5) is 5.69 Å². The number of nitrogens with two attached hydrogens (primary N) is 1. The molecule has 17 heavy (non-hydrogen) atoms. The Morgan fingerprint density at radius 1 is 1.47 bits per heavy atom. The fraction of sp³-hybridized carbons (Fsp3) is 0.357. The Morgan fingerprint density at radius 2 is 2.24 bits per heavy atom. The molecule has 0 radical (unpaired) electrons. The minimum atomic E-state index is -0.0526. The number of carbonyl (C=O) groups excluding carboxylic acids is 1. The summed E-state index contributed by atoms with van der Waals surface area (Å²) in [7, 11) is 0. The molecular weight excluding hydrogens is 212 g/mol. The summed E-state index contributed by atoms with van der Waals surface area (Å²) < 4.78 is 0. The zero-order valence-electron chi connectivity index (χ0n) is 10.1. The first-order chi connectivity index (χ1) is 8.15. The van der Waals surface area contributed by atoms with E-state index in [-0.39, 0.29) is 5.91 Å². The maximum atomic E-state index is 11.8. The average molecular weight is 230 g/mol. The van der Waals surface area contributed by atoms with Gasteiger partial charge < -0.3 is 11.1 Å². The van der Waals surface area contributed by atoms with Gasteiger partial charge in [-0.2, -0.15) is 0 Å². The van der Waals surface area contributed by atoms with Crippen molar-refractivity contribution < 1.29 is 4.79 Å². The molecular formula is C14H18N2O. The second kappa shape index (κ2) is 6.59. The molecule has 3 N–H and O–H groups in total. The van der Waals surface area contributed by atoms with Gasteiger partial charge in [-0.1, -0.05) is 0 Å². The molecule has 0 aromatic heterocycles. The molecule has 0 bridgehead atoms. The van der Waals surface area contributed by atoms with E-state index >= 15 is 0 Å². The molecule has 0 saturated carbocycles. The quantitative estimate of drug-likeness (QED) is 0.462. The Kier molecular flexibility index (Phi) is 5.09. The molecule has 3 nitrogen and oxygen atoms in total. The third kappa shape index (κ3) is 4.20. The van der Waals surface area contributed by atoms with Crippen molar-refractivity contribution in [3.63, 3.8) is 0 Å². The van der Waals surface area contributed by atoms with Gasteiger partial charge in [0, 0.05) is 24.2 Å². The topological polar surface area (TPSA) is 55.1 Å². The molecule has 1 rings (SSSR count). The van der Waals surface area contributed by atoms with E-state index in [1.807, 2.05) is 6.92 Å². The molecule has 0 aliphatic carbocycles. The Bertz CT molecular complexity index is 432. The molecule has 3 heteroatoms. The number of hydrogen-bond acceptors (Lipinski definition) is 2. The van der Waals surface area contributed by atoms with Crippen molar-refractivity contribution in [2.75, 3.05) is 12.3 Å². The zero-order valence-corrected chi connectivity index (χ0v) is 10.1. The number of hydrogen-bond donors (Lipinski definition) is 2. The van der Waals surface area contributed by atoms with Crippen LogP contribution in [0.15, 0.2) is 18.2 Å². The van der Waals surface area contributed by atoms with Crippen LogP contribution in [0.2, 0.25) is 0 Å². The van der Waals surface area contributed by atoms with E-state index in [0.29, 0.717) is 17.8 Å². The molecule has 0 aliphatic rings. The van der Waals surface area contributed by atoms with Crippen LogP contribution in [0.5, 0.6) is 0 Å². The normalized spacial score (nSPS) is 9.65. The molecule has 0 atom stereocenters. The predicted molar refractivity (Wildman–Crippen MR) is 70.6 cm³/mol. The van der Waals surface area contributed by atoms with Crippen molar-refractivity contribution in [2.45, 2.75) is 26.2 Å². The number of nitrogens with one attached hydrogen (secondary N) is 1. The third-order valence-corrected chi connectivity index (χ3v) is 2.53. The Morgan fingerprint density at radius 3 is 2.88 bits per heavy atom. The van der Waals surface area contributed by atoms with Gasteiger partial charge in [-0.05, 0) is 43.5 Å². The largest absolute Gasteiger partial charge is 0.399 e. The minimum Gasteiger partial charge on any atom is -0.399 e. The number of rotatable bonds is 5. The van der Waals surface area contributed by atoms with E-state index in [0.717, 1.165) is 24.8 Å². The van der Waals surface area contributed by atoms with Crippen LogP contribution in [0, 0.1) is 19.3 Å². The van der Waals surface area contributed by atoms with E-state index in [1.54, 1.807) is 18.2 Å². The molecule has 1 aromatic carbocycles. The van der Waals surface area contributed by atoms with E-state index < -0.39 is 0 Å². The Balaban J connectivity index is 2.45. The standard InChI is InChI=1S/C14H18N2O/c1-3-4-5-6-9-16-14(17)13-8-7-12(15)10-11(13)2/h1,7-8,10H,4-6,9,15H2,2H3,(H,16,17). The highest BCUT2D eigenvalue weighted by Gasteiger charge is 2.07. The monoisotopic (exact) mass is 230 g/mol. The lowest BCUT2D eigenvalue weighted by atomic mass is 10.1. The Labute approximate surface area is 102 Å². The lowest BCUT2D eigenvalue weighted by Gasteiger charge is -2.07. The zero-order chi connectivity index (χ0) is 12.7. The van der Waals surface area contributed by atoms with Gasteiger partial charge in [0.05, 0.1) is 0 Å². The van der Waals surface area contributed by atoms with Gasteiger partial charge in [0.15, 0.2) is 0 Å². The number of terminal acetylenes is 1. The molecule has 0 spiro atoms. The molecule has 90 valence electrons. The van der Waals surface area contributed by atoms with Crippen LogP contribution in [0.3, 0.4) is 0 Å². The Hall–Kier alpha value is -1.95. The number of nitrogen functional groups attached to an aromatic ring is 1. The first-order valence-electron chi connectivity index (χ1n) is 5.73. The van der Waals surface area contributed by atoms with E-state index in [9.17, 15) is 4.79 Å². The van der Waals surface area contributed by atoms with Crippen molar-refractivity contribution in [3.05, 3.63) is 29.3 Å². The molecule has 1 amide bonds. The van der Waals surface area contributed by atoms with Gasteiger partial charge in [0.2, 0.25) is 0 Å². The van der Waals surface area contributed by atoms with E-state index in [4.69, 9.17) is 12.2 Å². The van der Waals surface area contributed by atoms with Gasteiger partial charge >= 0.3 is 0 Å². The van der Waals surface area contributed by atoms with Crippen LogP contribution in [0.25, 0.3) is 0 Å². The van der Waals surface area contributed by atoms with Crippen LogP contribution in [0.1, 0.15) is 35.2 Å². The van der Waals surface area contributed by atoms with Gasteiger partial charge in [-0.25, -0.2) is 0 Å². The second-order valence-corrected chi connectivity index (χ2v) is 3.99. The summed E-state index contributed by atoms with van der Waals surface area (Å²) in [6.45, 7) is 2.54. The van der Waals surface area contributed by atoms with Crippen LogP contribution >= 0.6 is 0 Å². The fourth-order valence-corrected chi connectivity index (χ4v) is 1.59. The SMILES string of the molecule is C#CCCCCNC(=O)c1ccc(N)cc1C. The second-order valence-electron chi connectivity index (χ2n) is 3.99. The summed E-state index contributed by atoms with van der Waals surface area (Å²) >= 11 is 0. The maximum Gasteiger partial charge on any atom is 0.251 e. The maximum absolute atomic E-state index is 11.8. The van der Waals surface area contributed by atoms with Crippen LogP contribution in [-0.4, -0.2) is 12.5 Å². The van der Waals surface area contributed by atoms with Crippen molar-refractivity contribution in [3.8, 4) is 12.3 Å². The van der Waals surface area contributed by atoms with E-state index in [1.165, 1.54) is 0 Å². The molecule has 0 fully saturated rings. The van der Waals surface area contributed by atoms with Crippen LogP contribution in [-0.2, 0) is 0 Å². The lowest BCUT2D eigenvalue weighted by Crippen LogP contribution is -2.25. The molecule has 1 aromatic rings. The van der Waals surface area contributed by atoms with Crippen molar-refractivity contribution in [1.29, 1.82) is 0 Å². The summed E-state index contributed by atoms with van der Waals surface area (Å²) in [6.07, 6.45) is 7.76. The molecule has 0 heterocycles. The number of aryl methyl sites for hydroxylation is 1. The molecule has 0 aliphatic heterocycles. The fourth-order valence-electron chi connectivity index (χ4n) is 1.59. The number of amides is 1. The van der Waals surface area contributed by atoms with Gasteiger partial charge in [0.25, 0.3) is 5.91 Å². The number of unbranched alkanes of at least 4 members (excludes halogenated alkanes) is 2. The number of anilines is 1. The predicted octanol–water partition coefficient (Wildman–Crippen LogP) is 2.11. The van der Waals surface area contributed by atoms with Crippen molar-refractivity contribution >= 4 is 11.6 Å². The summed E-state index contributed by atoms with van der Waals surface area (Å²) in [4.78, 5) is 11.8. The summed E-state index contributed by atoms with van der Waals surface area (Å²) in [5, 5.41) is 2.87. The number of benzene rings is 1. The summed E-state index contributed by atoms with van der Waals surface area (Å²) in [5.74, 6) is 2.52. The minimum absolute atomic E-state index is 0.0526. The first-order valence-corrected chi connectivity index (χ1v) is 5.73. The lowest BCUT2D eigenvalue weighted by molar-refractivity contribution is 0.0952. The summed E-state index contributed by atoms with van der Waals surface area (Å²) in [5.41, 5.74) is 7.88. The molecule has 0 saturated heterocycles. The third-order valence-electron chi connectivity index (χ3n) is 2.53.